The molecule has 1 nitrogen and oxygen atoms in total. The third-order valence-electron chi connectivity index (χ3n) is 3.54. The Morgan fingerprint density at radius 2 is 2.06 bits per heavy atom. The lowest BCUT2D eigenvalue weighted by Gasteiger charge is -2.22. The van der Waals surface area contributed by atoms with Gasteiger partial charge >= 0.3 is 0 Å². The van der Waals surface area contributed by atoms with Gasteiger partial charge in [0.25, 0.3) is 0 Å². The highest BCUT2D eigenvalue weighted by Crippen LogP contribution is 2.39. The van der Waals surface area contributed by atoms with Gasteiger partial charge in [0.15, 0.2) is 5.78 Å². The molecule has 0 saturated heterocycles. The molecule has 0 aliphatic heterocycles. The second-order valence-electron chi connectivity index (χ2n) is 4.77. The van der Waals surface area contributed by atoms with Crippen LogP contribution in [-0.4, -0.2) is 5.78 Å². The first-order chi connectivity index (χ1) is 8.66. The predicted molar refractivity (Wildman–Crippen MR) is 75.9 cm³/mol. The third kappa shape index (κ3) is 1.90. The summed E-state index contributed by atoms with van der Waals surface area (Å²) in [7, 11) is 0. The number of halogens is 1. The Bertz CT molecular complexity index is 615. The summed E-state index contributed by atoms with van der Waals surface area (Å²) in [6, 6.07) is 7.85. The number of aryl methyl sites for hydroxylation is 1. The molecule has 1 aromatic carbocycles. The number of Topliss-reactive ketones (excluding diaryl/α,β-unsaturated/α-hetero) is 1. The van der Waals surface area contributed by atoms with Crippen molar-refractivity contribution in [1.29, 1.82) is 0 Å². The molecule has 0 spiro atoms. The van der Waals surface area contributed by atoms with Gasteiger partial charge in [0, 0.05) is 21.9 Å². The van der Waals surface area contributed by atoms with Crippen LogP contribution in [0.3, 0.4) is 0 Å². The topological polar surface area (TPSA) is 17.1 Å². The maximum atomic E-state index is 12.2. The number of rotatable bonds is 1. The Hall–Kier alpha value is -1.12. The number of hydrogen-bond acceptors (Lipinski definition) is 2. The maximum absolute atomic E-state index is 12.2. The third-order valence-corrected chi connectivity index (χ3v) is 5.01. The van der Waals surface area contributed by atoms with E-state index in [-0.39, 0.29) is 11.7 Å². The van der Waals surface area contributed by atoms with E-state index in [2.05, 4.69) is 5.38 Å². The molecule has 92 valence electrons. The highest BCUT2D eigenvalue weighted by atomic mass is 35.5. The molecule has 1 heterocycles. The van der Waals surface area contributed by atoms with Gasteiger partial charge in [0.05, 0.1) is 0 Å². The van der Waals surface area contributed by atoms with Gasteiger partial charge in [-0.3, -0.25) is 4.79 Å². The Morgan fingerprint density at radius 3 is 2.83 bits per heavy atom. The Morgan fingerprint density at radius 1 is 1.28 bits per heavy atom. The monoisotopic (exact) mass is 276 g/mol. The van der Waals surface area contributed by atoms with Crippen molar-refractivity contribution in [3.63, 3.8) is 0 Å². The second-order valence-corrected chi connectivity index (χ2v) is 6.14. The van der Waals surface area contributed by atoms with Gasteiger partial charge in [-0.2, -0.15) is 0 Å². The van der Waals surface area contributed by atoms with Crippen molar-refractivity contribution >= 4 is 28.7 Å². The Labute approximate surface area is 115 Å². The fraction of sp³-hybridized carbons (Fsp3) is 0.267. The summed E-state index contributed by atoms with van der Waals surface area (Å²) in [5, 5.41) is 2.85. The minimum absolute atomic E-state index is 0.233. The zero-order chi connectivity index (χ0) is 12.7. The van der Waals surface area contributed by atoms with E-state index in [9.17, 15) is 4.79 Å². The zero-order valence-electron chi connectivity index (χ0n) is 10.1. The van der Waals surface area contributed by atoms with E-state index in [0.717, 1.165) is 28.1 Å². The van der Waals surface area contributed by atoms with Crippen molar-refractivity contribution in [3.8, 4) is 0 Å². The molecule has 1 aliphatic carbocycles. The van der Waals surface area contributed by atoms with Gasteiger partial charge in [-0.25, -0.2) is 0 Å². The van der Waals surface area contributed by atoms with Crippen molar-refractivity contribution < 1.29 is 4.79 Å². The molecule has 3 rings (SSSR count). The van der Waals surface area contributed by atoms with Gasteiger partial charge < -0.3 is 0 Å². The zero-order valence-corrected chi connectivity index (χ0v) is 11.6. The fourth-order valence-corrected chi connectivity index (χ4v) is 4.09. The fourth-order valence-electron chi connectivity index (χ4n) is 2.67. The van der Waals surface area contributed by atoms with E-state index in [4.69, 9.17) is 11.6 Å². The van der Waals surface area contributed by atoms with E-state index in [1.165, 1.54) is 4.88 Å². The highest BCUT2D eigenvalue weighted by molar-refractivity contribution is 7.10. The van der Waals surface area contributed by atoms with E-state index in [1.54, 1.807) is 11.3 Å². The first-order valence-corrected chi connectivity index (χ1v) is 7.27. The van der Waals surface area contributed by atoms with Gasteiger partial charge in [-0.15, -0.1) is 11.3 Å². The number of ketones is 1. The number of hydrogen-bond donors (Lipinski definition) is 0. The van der Waals surface area contributed by atoms with Gasteiger partial charge in [-0.05, 0) is 41.8 Å². The SMILES string of the molecule is Cc1csc2c1C(=O)C[C@@H](c1ccccc1Cl)C2. The van der Waals surface area contributed by atoms with E-state index < -0.39 is 0 Å². The van der Waals surface area contributed by atoms with Gasteiger partial charge in [0.1, 0.15) is 0 Å². The lowest BCUT2D eigenvalue weighted by Crippen LogP contribution is -2.17. The molecule has 3 heteroatoms. The van der Waals surface area contributed by atoms with Crippen LogP contribution in [0.4, 0.5) is 0 Å². The summed E-state index contributed by atoms with van der Waals surface area (Å²) in [4.78, 5) is 13.4. The molecule has 0 amide bonds. The lowest BCUT2D eigenvalue weighted by molar-refractivity contribution is 0.0965. The normalized spacial score (nSPS) is 18.8. The molecular weight excluding hydrogens is 264 g/mol. The molecule has 0 N–H and O–H groups in total. The van der Waals surface area contributed by atoms with E-state index in [0.29, 0.717) is 6.42 Å². The Balaban J connectivity index is 2.00. The summed E-state index contributed by atoms with van der Waals surface area (Å²) in [5.41, 5.74) is 3.19. The summed E-state index contributed by atoms with van der Waals surface area (Å²) < 4.78 is 0. The van der Waals surface area contributed by atoms with Crippen molar-refractivity contribution in [2.75, 3.05) is 0 Å². The first-order valence-electron chi connectivity index (χ1n) is 6.01. The van der Waals surface area contributed by atoms with Crippen LogP contribution in [0, 0.1) is 6.92 Å². The molecule has 0 saturated carbocycles. The number of carbonyl (C=O) groups is 1. The van der Waals surface area contributed by atoms with Crippen molar-refractivity contribution in [2.45, 2.75) is 25.7 Å². The minimum Gasteiger partial charge on any atom is -0.294 e. The quantitative estimate of drug-likeness (QED) is 0.743. The molecule has 1 aliphatic rings. The molecule has 0 radical (unpaired) electrons. The largest absolute Gasteiger partial charge is 0.294 e. The second kappa shape index (κ2) is 4.52. The molecule has 0 unspecified atom stereocenters. The highest BCUT2D eigenvalue weighted by Gasteiger charge is 2.29. The summed E-state index contributed by atoms with van der Waals surface area (Å²) in [6.45, 7) is 2.02. The van der Waals surface area contributed by atoms with E-state index >= 15 is 0 Å². The smallest absolute Gasteiger partial charge is 0.164 e. The van der Waals surface area contributed by atoms with Crippen LogP contribution in [0.25, 0.3) is 0 Å². The van der Waals surface area contributed by atoms with Gasteiger partial charge in [-0.1, -0.05) is 29.8 Å². The lowest BCUT2D eigenvalue weighted by atomic mass is 9.82. The van der Waals surface area contributed by atoms with Crippen LogP contribution in [0.15, 0.2) is 29.6 Å². The average molecular weight is 277 g/mol. The molecule has 1 atom stereocenters. The number of carbonyl (C=O) groups excluding carboxylic acids is 1. The van der Waals surface area contributed by atoms with Crippen LogP contribution in [0.5, 0.6) is 0 Å². The first kappa shape index (κ1) is 11.9. The summed E-state index contributed by atoms with van der Waals surface area (Å²) >= 11 is 7.93. The predicted octanol–water partition coefficient (Wildman–Crippen LogP) is 4.62. The van der Waals surface area contributed by atoms with Crippen LogP contribution in [-0.2, 0) is 6.42 Å². The minimum atomic E-state index is 0.233. The average Bonchev–Trinajstić information content (AvgIpc) is 2.72. The van der Waals surface area contributed by atoms with Crippen LogP contribution in [0.1, 0.15) is 38.7 Å². The van der Waals surface area contributed by atoms with Gasteiger partial charge in [0.2, 0.25) is 0 Å². The van der Waals surface area contributed by atoms with Crippen molar-refractivity contribution in [1.82, 2.24) is 0 Å². The van der Waals surface area contributed by atoms with Crippen LogP contribution in [0.2, 0.25) is 5.02 Å². The summed E-state index contributed by atoms with van der Waals surface area (Å²) in [5.74, 6) is 0.497. The standard InChI is InChI=1S/C15H13ClOS/c1-9-8-18-14-7-10(6-13(17)15(9)14)11-4-2-3-5-12(11)16/h2-5,8,10H,6-7H2,1H3/t10-/m1/s1. The van der Waals surface area contributed by atoms with Crippen LogP contribution < -0.4 is 0 Å². The number of thiophene rings is 1. The number of fused-ring (bicyclic) bond motifs is 1. The maximum Gasteiger partial charge on any atom is 0.164 e. The van der Waals surface area contributed by atoms with E-state index in [1.807, 2.05) is 31.2 Å². The van der Waals surface area contributed by atoms with Crippen LogP contribution >= 0.6 is 22.9 Å². The number of benzene rings is 1. The molecule has 18 heavy (non-hydrogen) atoms. The molecule has 1 aromatic heterocycles. The summed E-state index contributed by atoms with van der Waals surface area (Å²) in [6.07, 6.45) is 1.51. The van der Waals surface area contributed by atoms with Crippen molar-refractivity contribution in [2.24, 2.45) is 0 Å². The Kier molecular flexibility index (Phi) is 3.00. The molecular formula is C15H13ClOS. The molecule has 0 fully saturated rings. The molecule has 0 bridgehead atoms. The van der Waals surface area contributed by atoms with Crippen molar-refractivity contribution in [3.05, 3.63) is 56.2 Å². The molecule has 2 aromatic rings.